The van der Waals surface area contributed by atoms with Crippen LogP contribution in [0.5, 0.6) is 0 Å². The quantitative estimate of drug-likeness (QED) is 0.568. The largest absolute Gasteiger partial charge is 0.394 e. The number of hydrogen-bond acceptors (Lipinski definition) is 6. The number of nitrogens with zero attached hydrogens (tertiary/aromatic N) is 2. The smallest absolute Gasteiger partial charge is 0.351 e. The Morgan fingerprint density at radius 3 is 3.19 bits per heavy atom. The molecule has 2 heterocycles. The number of ether oxygens (including phenoxy) is 1. The number of aliphatic hydroxyl groups is 2. The van der Waals surface area contributed by atoms with E-state index in [4.69, 9.17) is 19.7 Å². The fourth-order valence-corrected chi connectivity index (χ4v) is 1.30. The zero-order valence-corrected chi connectivity index (χ0v) is 8.20. The molecule has 0 aromatic carbocycles. The van der Waals surface area contributed by atoms with E-state index in [0.29, 0.717) is 4.57 Å². The second-order valence-electron chi connectivity index (χ2n) is 3.24. The van der Waals surface area contributed by atoms with Crippen molar-refractivity contribution in [2.24, 2.45) is 0 Å². The Bertz CT molecular complexity index is 552. The van der Waals surface area contributed by atoms with Crippen molar-refractivity contribution in [1.82, 2.24) is 9.55 Å². The number of hydrogen-bond donors (Lipinski definition) is 3. The Hall–Kier alpha value is -1.44. The van der Waals surface area contributed by atoms with Crippen LogP contribution in [0.4, 0.5) is 5.82 Å². The molecule has 2 rings (SSSR count). The van der Waals surface area contributed by atoms with Crippen LogP contribution < -0.4 is 11.4 Å². The summed E-state index contributed by atoms with van der Waals surface area (Å²) >= 11 is 0. The van der Waals surface area contributed by atoms with Gasteiger partial charge < -0.3 is 20.7 Å². The van der Waals surface area contributed by atoms with Crippen molar-refractivity contribution in [3.8, 4) is 0 Å². The molecule has 0 bridgehead atoms. The minimum Gasteiger partial charge on any atom is -0.394 e. The molecule has 7 heteroatoms. The first-order chi connectivity index (χ1) is 8.74. The van der Waals surface area contributed by atoms with Crippen molar-refractivity contribution < 1.29 is 19.1 Å². The van der Waals surface area contributed by atoms with Crippen LogP contribution in [0.1, 0.15) is 16.7 Å². The molecular weight excluding hydrogens is 214 g/mol. The van der Waals surface area contributed by atoms with Crippen LogP contribution in [0.15, 0.2) is 17.1 Å². The molecule has 1 saturated heterocycles. The summed E-state index contributed by atoms with van der Waals surface area (Å²) < 4.78 is 29.1. The Kier molecular flexibility index (Phi) is 2.04. The molecule has 1 aliphatic heterocycles. The van der Waals surface area contributed by atoms with E-state index in [-0.39, 0.29) is 5.82 Å². The highest BCUT2D eigenvalue weighted by molar-refractivity contribution is 5.23. The topological polar surface area (TPSA) is 111 Å². The van der Waals surface area contributed by atoms with Gasteiger partial charge in [-0.05, 0) is 6.07 Å². The zero-order valence-electron chi connectivity index (χ0n) is 11.2. The predicted molar refractivity (Wildman–Crippen MR) is 54.5 cm³/mol. The molecule has 0 saturated carbocycles. The molecular formula is C9H13N3O4. The highest BCUT2D eigenvalue weighted by atomic mass is 16.5. The van der Waals surface area contributed by atoms with Crippen LogP contribution in [0.3, 0.4) is 0 Å². The normalized spacial score (nSPS) is 40.0. The maximum Gasteiger partial charge on any atom is 0.351 e. The third kappa shape index (κ3) is 1.92. The molecule has 0 amide bonds. The first-order valence-corrected chi connectivity index (χ1v) is 4.56. The molecule has 0 radical (unpaired) electrons. The number of rotatable bonds is 2. The van der Waals surface area contributed by atoms with Crippen LogP contribution in [-0.4, -0.2) is 38.6 Å². The van der Waals surface area contributed by atoms with Crippen LogP contribution in [-0.2, 0) is 4.74 Å². The van der Waals surface area contributed by atoms with Gasteiger partial charge in [-0.2, -0.15) is 4.98 Å². The van der Waals surface area contributed by atoms with Crippen molar-refractivity contribution >= 4 is 5.82 Å². The first kappa shape index (κ1) is 7.77. The average Bonchev–Trinajstić information content (AvgIpc) is 2.50. The molecule has 7 nitrogen and oxygen atoms in total. The van der Waals surface area contributed by atoms with Crippen LogP contribution in [0, 0.1) is 0 Å². The lowest BCUT2D eigenvalue weighted by Crippen LogP contribution is -2.27. The summed E-state index contributed by atoms with van der Waals surface area (Å²) in [6.45, 7) is -0.682. The van der Waals surface area contributed by atoms with Gasteiger partial charge in [0.05, 0.1) is 14.1 Å². The molecule has 0 unspecified atom stereocenters. The number of aromatic nitrogens is 2. The summed E-state index contributed by atoms with van der Waals surface area (Å²) in [5.41, 5.74) is 4.33. The van der Waals surface area contributed by atoms with E-state index in [1.54, 1.807) is 0 Å². The Morgan fingerprint density at radius 2 is 2.62 bits per heavy atom. The number of aliphatic hydroxyl groups excluding tert-OH is 2. The van der Waals surface area contributed by atoms with Gasteiger partial charge in [0.15, 0.2) is 0 Å². The highest BCUT2D eigenvalue weighted by Crippen LogP contribution is 2.27. The van der Waals surface area contributed by atoms with E-state index < -0.39 is 37.1 Å². The lowest BCUT2D eigenvalue weighted by molar-refractivity contribution is -0.0458. The van der Waals surface area contributed by atoms with E-state index in [1.165, 1.54) is 6.07 Å². The third-order valence-electron chi connectivity index (χ3n) is 2.11. The van der Waals surface area contributed by atoms with Gasteiger partial charge in [-0.3, -0.25) is 4.57 Å². The molecule has 16 heavy (non-hydrogen) atoms. The van der Waals surface area contributed by atoms with Crippen molar-refractivity contribution in [2.45, 2.75) is 24.8 Å². The minimum absolute atomic E-state index is 0.0809. The molecule has 1 aliphatic rings. The Labute approximate surface area is 95.3 Å². The van der Waals surface area contributed by atoms with Crippen LogP contribution in [0.2, 0.25) is 0 Å². The van der Waals surface area contributed by atoms with Gasteiger partial charge in [0.2, 0.25) is 0 Å². The zero-order chi connectivity index (χ0) is 14.4. The van der Waals surface area contributed by atoms with Gasteiger partial charge in [-0.25, -0.2) is 4.79 Å². The average molecular weight is 230 g/mol. The van der Waals surface area contributed by atoms with E-state index >= 15 is 0 Å². The van der Waals surface area contributed by atoms with Crippen LogP contribution >= 0.6 is 0 Å². The van der Waals surface area contributed by atoms with Crippen molar-refractivity contribution in [3.05, 3.63) is 22.7 Å². The molecule has 1 fully saturated rings. The van der Waals surface area contributed by atoms with Gasteiger partial charge in [-0.15, -0.1) is 0 Å². The summed E-state index contributed by atoms with van der Waals surface area (Å²) in [5.74, 6) is -0.0809. The number of nitrogen functional groups attached to an aromatic ring is 1. The summed E-state index contributed by atoms with van der Waals surface area (Å²) in [6, 6.07) is 1.20. The molecule has 1 aromatic rings. The van der Waals surface area contributed by atoms with Crippen molar-refractivity contribution in [2.75, 3.05) is 12.3 Å². The maximum absolute atomic E-state index is 11.7. The SMILES string of the molecule is [2H]C1([2H])[C@H](O)[C@@H](CO)O[C@@]1([2H])n1ccc(N)nc1=O. The summed E-state index contributed by atoms with van der Waals surface area (Å²) in [6.07, 6.45) is -7.14. The standard InChI is InChI=1S/C9H13N3O4/c10-7-1-2-12(9(15)11-7)8-3-5(14)6(4-13)16-8/h1-2,5-6,8,13-14H,3-4H2,(H2,10,11,15)/t5-,6+,8+/m0/s1/i3D2,8D. The maximum atomic E-state index is 11.7. The van der Waals surface area contributed by atoms with E-state index in [0.717, 1.165) is 6.20 Å². The predicted octanol–water partition coefficient (Wildman–Crippen LogP) is -1.53. The fraction of sp³-hybridized carbons (Fsp3) is 0.556. The van der Waals surface area contributed by atoms with Crippen molar-refractivity contribution in [3.63, 3.8) is 0 Å². The summed E-state index contributed by atoms with van der Waals surface area (Å²) in [5, 5.41) is 18.7. The van der Waals surface area contributed by atoms with Gasteiger partial charge in [0.25, 0.3) is 0 Å². The second kappa shape index (κ2) is 4.20. The molecule has 0 spiro atoms. The molecule has 4 N–H and O–H groups in total. The van der Waals surface area contributed by atoms with Crippen LogP contribution in [0.25, 0.3) is 0 Å². The molecule has 3 atom stereocenters. The highest BCUT2D eigenvalue weighted by Gasteiger charge is 2.34. The molecule has 0 aliphatic carbocycles. The van der Waals surface area contributed by atoms with Gasteiger partial charge >= 0.3 is 5.69 Å². The number of anilines is 1. The van der Waals surface area contributed by atoms with E-state index in [9.17, 15) is 9.90 Å². The fourth-order valence-electron chi connectivity index (χ4n) is 1.30. The summed E-state index contributed by atoms with van der Waals surface area (Å²) in [4.78, 5) is 15.1. The van der Waals surface area contributed by atoms with E-state index in [1.807, 2.05) is 0 Å². The lowest BCUT2D eigenvalue weighted by Gasteiger charge is -2.13. The van der Waals surface area contributed by atoms with Gasteiger partial charge in [0, 0.05) is 15.3 Å². The second-order valence-corrected chi connectivity index (χ2v) is 3.24. The lowest BCUT2D eigenvalue weighted by atomic mass is 10.2. The van der Waals surface area contributed by atoms with E-state index in [2.05, 4.69) is 4.98 Å². The molecule has 88 valence electrons. The van der Waals surface area contributed by atoms with Crippen molar-refractivity contribution in [1.29, 1.82) is 0 Å². The van der Waals surface area contributed by atoms with Gasteiger partial charge in [-0.1, -0.05) is 0 Å². The van der Waals surface area contributed by atoms with Gasteiger partial charge in [0.1, 0.15) is 18.1 Å². The minimum atomic E-state index is -2.61. The Morgan fingerprint density at radius 1 is 1.88 bits per heavy atom. The first-order valence-electron chi connectivity index (χ1n) is 6.06. The third-order valence-corrected chi connectivity index (χ3v) is 2.11. The number of nitrogens with two attached hydrogens (primary N) is 1. The monoisotopic (exact) mass is 230 g/mol. The molecule has 1 aromatic heterocycles. The summed E-state index contributed by atoms with van der Waals surface area (Å²) in [7, 11) is 0. The Balaban J connectivity index is 2.56.